The highest BCUT2D eigenvalue weighted by Crippen LogP contribution is 2.29. The summed E-state index contributed by atoms with van der Waals surface area (Å²) in [6, 6.07) is -0.318. The number of rotatable bonds is 5. The maximum absolute atomic E-state index is 12.5. The summed E-state index contributed by atoms with van der Waals surface area (Å²) >= 11 is 0. The van der Waals surface area contributed by atoms with Gasteiger partial charge in [0.25, 0.3) is 0 Å². The van der Waals surface area contributed by atoms with Gasteiger partial charge in [-0.2, -0.15) is 0 Å². The smallest absolute Gasteiger partial charge is 0.245 e. The number of hydrogen-bond acceptors (Lipinski definition) is 2. The second-order valence-corrected chi connectivity index (χ2v) is 6.09. The van der Waals surface area contributed by atoms with E-state index < -0.39 is 0 Å². The molecule has 1 aliphatic carbocycles. The average molecular weight is 266 g/mol. The van der Waals surface area contributed by atoms with Gasteiger partial charge < -0.3 is 10.2 Å². The van der Waals surface area contributed by atoms with Crippen LogP contribution in [-0.2, 0) is 9.59 Å². The van der Waals surface area contributed by atoms with Crippen LogP contribution in [0, 0.1) is 11.8 Å². The molecule has 2 fully saturated rings. The molecule has 4 nitrogen and oxygen atoms in total. The van der Waals surface area contributed by atoms with Crippen LogP contribution in [0.15, 0.2) is 0 Å². The highest BCUT2D eigenvalue weighted by atomic mass is 16.2. The van der Waals surface area contributed by atoms with Crippen molar-refractivity contribution in [2.45, 2.75) is 58.4 Å². The van der Waals surface area contributed by atoms with Gasteiger partial charge in [0, 0.05) is 19.5 Å². The van der Waals surface area contributed by atoms with E-state index in [-0.39, 0.29) is 23.8 Å². The quantitative estimate of drug-likeness (QED) is 0.826. The minimum Gasteiger partial charge on any atom is -0.344 e. The Kier molecular flexibility index (Phi) is 4.83. The molecule has 2 amide bonds. The third-order valence-corrected chi connectivity index (χ3v) is 4.75. The third-order valence-electron chi connectivity index (χ3n) is 4.75. The Morgan fingerprint density at radius 3 is 2.68 bits per heavy atom. The van der Waals surface area contributed by atoms with E-state index in [1.54, 1.807) is 0 Å². The zero-order valence-electron chi connectivity index (χ0n) is 12.2. The minimum absolute atomic E-state index is 0.0183. The second kappa shape index (κ2) is 6.40. The van der Waals surface area contributed by atoms with Crippen LogP contribution in [-0.4, -0.2) is 35.8 Å². The first kappa shape index (κ1) is 14.4. The number of nitrogens with zero attached hydrogens (tertiary/aromatic N) is 1. The van der Waals surface area contributed by atoms with Crippen molar-refractivity contribution >= 4 is 11.8 Å². The van der Waals surface area contributed by atoms with Gasteiger partial charge >= 0.3 is 0 Å². The van der Waals surface area contributed by atoms with Crippen LogP contribution < -0.4 is 5.32 Å². The standard InChI is InChI=1S/C15H26N2O2/c1-3-11(2)14-15(19)17(10-8-13(18)16-14)9-7-12-5-4-6-12/h11-12,14H,3-10H2,1-2H3,(H,16,18). The molecule has 2 unspecified atom stereocenters. The summed E-state index contributed by atoms with van der Waals surface area (Å²) in [4.78, 5) is 26.2. The van der Waals surface area contributed by atoms with Gasteiger partial charge in [0.2, 0.25) is 11.8 Å². The first-order chi connectivity index (χ1) is 9.11. The van der Waals surface area contributed by atoms with E-state index in [2.05, 4.69) is 12.2 Å². The number of hydrogen-bond donors (Lipinski definition) is 1. The predicted octanol–water partition coefficient (Wildman–Crippen LogP) is 1.94. The fraction of sp³-hybridized carbons (Fsp3) is 0.867. The maximum Gasteiger partial charge on any atom is 0.245 e. The summed E-state index contributed by atoms with van der Waals surface area (Å²) in [6.07, 6.45) is 6.43. The van der Waals surface area contributed by atoms with Crippen LogP contribution in [0.5, 0.6) is 0 Å². The number of amides is 2. The second-order valence-electron chi connectivity index (χ2n) is 6.09. The van der Waals surface area contributed by atoms with Crippen molar-refractivity contribution in [2.24, 2.45) is 11.8 Å². The lowest BCUT2D eigenvalue weighted by Gasteiger charge is -2.31. The van der Waals surface area contributed by atoms with E-state index in [9.17, 15) is 9.59 Å². The normalized spacial score (nSPS) is 26.6. The topological polar surface area (TPSA) is 49.4 Å². The van der Waals surface area contributed by atoms with Crippen LogP contribution in [0.25, 0.3) is 0 Å². The third kappa shape index (κ3) is 3.48. The molecule has 19 heavy (non-hydrogen) atoms. The van der Waals surface area contributed by atoms with Crippen molar-refractivity contribution in [3.63, 3.8) is 0 Å². The molecule has 0 aromatic rings. The monoisotopic (exact) mass is 266 g/mol. The molecule has 1 saturated carbocycles. The largest absolute Gasteiger partial charge is 0.344 e. The molecule has 1 N–H and O–H groups in total. The van der Waals surface area contributed by atoms with E-state index in [4.69, 9.17) is 0 Å². The Morgan fingerprint density at radius 2 is 2.11 bits per heavy atom. The predicted molar refractivity (Wildman–Crippen MR) is 74.5 cm³/mol. The van der Waals surface area contributed by atoms with Gasteiger partial charge in [-0.3, -0.25) is 9.59 Å². The summed E-state index contributed by atoms with van der Waals surface area (Å²) in [5.41, 5.74) is 0. The maximum atomic E-state index is 12.5. The number of carbonyl (C=O) groups is 2. The van der Waals surface area contributed by atoms with Gasteiger partial charge in [0.05, 0.1) is 0 Å². The van der Waals surface area contributed by atoms with Gasteiger partial charge in [-0.25, -0.2) is 0 Å². The molecule has 108 valence electrons. The van der Waals surface area contributed by atoms with Crippen molar-refractivity contribution in [1.82, 2.24) is 10.2 Å². The van der Waals surface area contributed by atoms with Crippen molar-refractivity contribution < 1.29 is 9.59 Å². The van der Waals surface area contributed by atoms with Crippen molar-refractivity contribution in [3.05, 3.63) is 0 Å². The van der Waals surface area contributed by atoms with E-state index >= 15 is 0 Å². The number of nitrogens with one attached hydrogen (secondary N) is 1. The van der Waals surface area contributed by atoms with Gasteiger partial charge in [-0.1, -0.05) is 39.5 Å². The lowest BCUT2D eigenvalue weighted by Crippen LogP contribution is -2.48. The molecule has 4 heteroatoms. The van der Waals surface area contributed by atoms with Crippen LogP contribution >= 0.6 is 0 Å². The van der Waals surface area contributed by atoms with E-state index in [0.717, 1.165) is 25.3 Å². The summed E-state index contributed by atoms with van der Waals surface area (Å²) in [5, 5.41) is 2.89. The first-order valence-electron chi connectivity index (χ1n) is 7.70. The summed E-state index contributed by atoms with van der Waals surface area (Å²) in [5.74, 6) is 1.16. The zero-order chi connectivity index (χ0) is 13.8. The highest BCUT2D eigenvalue weighted by Gasteiger charge is 2.33. The van der Waals surface area contributed by atoms with Crippen molar-refractivity contribution in [2.75, 3.05) is 13.1 Å². The molecule has 0 radical (unpaired) electrons. The summed E-state index contributed by atoms with van der Waals surface area (Å²) < 4.78 is 0. The van der Waals surface area contributed by atoms with Crippen LogP contribution in [0.1, 0.15) is 52.4 Å². The van der Waals surface area contributed by atoms with Crippen LogP contribution in [0.3, 0.4) is 0 Å². The molecule has 1 heterocycles. The zero-order valence-corrected chi connectivity index (χ0v) is 12.2. The lowest BCUT2D eigenvalue weighted by atomic mass is 9.83. The van der Waals surface area contributed by atoms with Crippen molar-refractivity contribution in [1.29, 1.82) is 0 Å². The van der Waals surface area contributed by atoms with Gasteiger partial charge in [0.1, 0.15) is 6.04 Å². The molecule has 0 spiro atoms. The van der Waals surface area contributed by atoms with Gasteiger partial charge in [0.15, 0.2) is 0 Å². The van der Waals surface area contributed by atoms with E-state index in [1.165, 1.54) is 19.3 Å². The number of carbonyl (C=O) groups excluding carboxylic acids is 2. The SMILES string of the molecule is CCC(C)C1NC(=O)CCN(CCC2CCC2)C1=O. The molecule has 2 atom stereocenters. The van der Waals surface area contributed by atoms with E-state index in [1.807, 2.05) is 11.8 Å². The molecule has 0 aromatic carbocycles. The minimum atomic E-state index is -0.318. The van der Waals surface area contributed by atoms with Crippen molar-refractivity contribution in [3.8, 4) is 0 Å². The van der Waals surface area contributed by atoms with E-state index in [0.29, 0.717) is 13.0 Å². The fourth-order valence-electron chi connectivity index (χ4n) is 2.81. The van der Waals surface area contributed by atoms with Gasteiger partial charge in [-0.15, -0.1) is 0 Å². The van der Waals surface area contributed by atoms with Crippen LogP contribution in [0.4, 0.5) is 0 Å². The molecular weight excluding hydrogens is 240 g/mol. The summed E-state index contributed by atoms with van der Waals surface area (Å²) in [6.45, 7) is 5.52. The van der Waals surface area contributed by atoms with Gasteiger partial charge in [-0.05, 0) is 18.3 Å². The molecule has 1 aliphatic heterocycles. The Morgan fingerprint density at radius 1 is 1.37 bits per heavy atom. The fourth-order valence-corrected chi connectivity index (χ4v) is 2.81. The Labute approximate surface area is 115 Å². The molecule has 0 aromatic heterocycles. The molecule has 2 aliphatic rings. The molecule has 2 rings (SSSR count). The highest BCUT2D eigenvalue weighted by molar-refractivity contribution is 5.90. The lowest BCUT2D eigenvalue weighted by molar-refractivity contribution is -0.135. The Bertz CT molecular complexity index is 339. The molecule has 1 saturated heterocycles. The Balaban J connectivity index is 1.96. The van der Waals surface area contributed by atoms with Crippen LogP contribution in [0.2, 0.25) is 0 Å². The average Bonchev–Trinajstić information content (AvgIpc) is 2.48. The molecule has 0 bridgehead atoms. The molecular formula is C15H26N2O2. The first-order valence-corrected chi connectivity index (χ1v) is 7.70. The Hall–Kier alpha value is -1.06. The summed E-state index contributed by atoms with van der Waals surface area (Å²) in [7, 11) is 0.